The Hall–Kier alpha value is -1.89. The van der Waals surface area contributed by atoms with Gasteiger partial charge in [0.15, 0.2) is 9.84 Å². The Morgan fingerprint density at radius 1 is 1.25 bits per heavy atom. The van der Waals surface area contributed by atoms with Crippen LogP contribution in [0.1, 0.15) is 23.2 Å². The minimum absolute atomic E-state index is 0.0844. The Balaban J connectivity index is 1.90. The van der Waals surface area contributed by atoms with Crippen molar-refractivity contribution in [2.45, 2.75) is 12.8 Å². The number of sulfone groups is 1. The molecular formula is C13H16N2O4S. The van der Waals surface area contributed by atoms with Crippen LogP contribution in [0.25, 0.3) is 0 Å². The van der Waals surface area contributed by atoms with Crippen LogP contribution < -0.4 is 11.1 Å². The number of rotatable bonds is 4. The maximum Gasteiger partial charge on any atom is 0.248 e. The predicted molar refractivity (Wildman–Crippen MR) is 75.0 cm³/mol. The van der Waals surface area contributed by atoms with Gasteiger partial charge in [-0.15, -0.1) is 0 Å². The monoisotopic (exact) mass is 296 g/mol. The van der Waals surface area contributed by atoms with Gasteiger partial charge in [0, 0.05) is 17.7 Å². The minimum Gasteiger partial charge on any atom is -0.366 e. The summed E-state index contributed by atoms with van der Waals surface area (Å²) in [5.41, 5.74) is 6.04. The van der Waals surface area contributed by atoms with Crippen LogP contribution in [0.15, 0.2) is 24.3 Å². The summed E-state index contributed by atoms with van der Waals surface area (Å²) in [6, 6.07) is 6.22. The van der Waals surface area contributed by atoms with E-state index >= 15 is 0 Å². The van der Waals surface area contributed by atoms with Crippen LogP contribution in [-0.4, -0.2) is 31.7 Å². The lowest BCUT2D eigenvalue weighted by atomic mass is 10.0. The second-order valence-corrected chi connectivity index (χ2v) is 7.19. The molecule has 0 saturated carbocycles. The topological polar surface area (TPSA) is 106 Å². The van der Waals surface area contributed by atoms with Crippen molar-refractivity contribution in [3.8, 4) is 0 Å². The molecule has 1 aromatic rings. The minimum atomic E-state index is -2.96. The molecule has 0 aliphatic carbocycles. The summed E-state index contributed by atoms with van der Waals surface area (Å²) in [6.07, 6.45) is 0.729. The molecule has 2 rings (SSSR count). The number of primary amides is 1. The van der Waals surface area contributed by atoms with E-state index in [-0.39, 0.29) is 29.8 Å². The quantitative estimate of drug-likeness (QED) is 0.846. The van der Waals surface area contributed by atoms with Crippen LogP contribution in [-0.2, 0) is 14.6 Å². The first-order valence-electron chi connectivity index (χ1n) is 6.26. The van der Waals surface area contributed by atoms with Gasteiger partial charge in [-0.3, -0.25) is 9.59 Å². The fraction of sp³-hybridized carbons (Fsp3) is 0.385. The van der Waals surface area contributed by atoms with E-state index in [1.165, 1.54) is 12.1 Å². The van der Waals surface area contributed by atoms with E-state index in [0.29, 0.717) is 17.7 Å². The molecule has 1 atom stereocenters. The van der Waals surface area contributed by atoms with Crippen molar-refractivity contribution in [2.24, 2.45) is 11.7 Å². The number of carbonyl (C=O) groups is 2. The van der Waals surface area contributed by atoms with Crippen molar-refractivity contribution in [1.82, 2.24) is 0 Å². The number of benzene rings is 1. The number of carbonyl (C=O) groups excluding carboxylic acids is 2. The molecule has 1 fully saturated rings. The SMILES string of the molecule is NC(=O)c1ccc(NC(=O)C[C@@H]2CCS(=O)(=O)C2)cc1. The maximum atomic E-state index is 11.8. The third-order valence-corrected chi connectivity index (χ3v) is 5.09. The van der Waals surface area contributed by atoms with Gasteiger partial charge in [0.1, 0.15) is 0 Å². The highest BCUT2D eigenvalue weighted by molar-refractivity contribution is 7.91. The van der Waals surface area contributed by atoms with E-state index in [9.17, 15) is 18.0 Å². The van der Waals surface area contributed by atoms with Crippen LogP contribution in [0.5, 0.6) is 0 Å². The molecule has 0 unspecified atom stereocenters. The van der Waals surface area contributed by atoms with Crippen LogP contribution >= 0.6 is 0 Å². The highest BCUT2D eigenvalue weighted by Crippen LogP contribution is 2.22. The largest absolute Gasteiger partial charge is 0.366 e. The molecule has 6 nitrogen and oxygen atoms in total. The van der Waals surface area contributed by atoms with Gasteiger partial charge in [0.25, 0.3) is 0 Å². The van der Waals surface area contributed by atoms with E-state index in [0.717, 1.165) is 0 Å². The number of hydrogen-bond donors (Lipinski definition) is 2. The van der Waals surface area contributed by atoms with Crippen LogP contribution in [0.4, 0.5) is 5.69 Å². The van der Waals surface area contributed by atoms with Gasteiger partial charge >= 0.3 is 0 Å². The van der Waals surface area contributed by atoms with Crippen molar-refractivity contribution in [2.75, 3.05) is 16.8 Å². The second-order valence-electron chi connectivity index (χ2n) is 4.96. The lowest BCUT2D eigenvalue weighted by molar-refractivity contribution is -0.116. The number of nitrogens with one attached hydrogen (secondary N) is 1. The maximum absolute atomic E-state index is 11.8. The average molecular weight is 296 g/mol. The molecule has 0 bridgehead atoms. The predicted octanol–water partition coefficient (Wildman–Crippen LogP) is 0.549. The van der Waals surface area contributed by atoms with Crippen LogP contribution in [0.3, 0.4) is 0 Å². The molecule has 0 spiro atoms. The molecule has 0 radical (unpaired) electrons. The van der Waals surface area contributed by atoms with E-state index in [1.807, 2.05) is 0 Å². The van der Waals surface area contributed by atoms with E-state index < -0.39 is 15.7 Å². The van der Waals surface area contributed by atoms with Crippen LogP contribution in [0, 0.1) is 5.92 Å². The normalized spacial score (nSPS) is 20.5. The first-order chi connectivity index (χ1) is 9.35. The lowest BCUT2D eigenvalue weighted by Gasteiger charge is -2.09. The first-order valence-corrected chi connectivity index (χ1v) is 8.08. The molecule has 108 valence electrons. The lowest BCUT2D eigenvalue weighted by Crippen LogP contribution is -2.17. The Morgan fingerprint density at radius 2 is 1.90 bits per heavy atom. The van der Waals surface area contributed by atoms with Crippen molar-refractivity contribution >= 4 is 27.3 Å². The molecule has 1 aliphatic rings. The Morgan fingerprint density at radius 3 is 2.40 bits per heavy atom. The summed E-state index contributed by atoms with van der Waals surface area (Å²) in [6.45, 7) is 0. The molecule has 7 heteroatoms. The third-order valence-electron chi connectivity index (χ3n) is 3.25. The van der Waals surface area contributed by atoms with Crippen molar-refractivity contribution in [1.29, 1.82) is 0 Å². The van der Waals surface area contributed by atoms with Crippen molar-refractivity contribution in [3.63, 3.8) is 0 Å². The van der Waals surface area contributed by atoms with Gasteiger partial charge < -0.3 is 11.1 Å². The summed E-state index contributed by atoms with van der Waals surface area (Å²) in [7, 11) is -2.96. The van der Waals surface area contributed by atoms with Gasteiger partial charge in [0.05, 0.1) is 11.5 Å². The first kappa shape index (κ1) is 14.5. The number of amides is 2. The van der Waals surface area contributed by atoms with Gasteiger partial charge in [-0.2, -0.15) is 0 Å². The average Bonchev–Trinajstić information content (AvgIpc) is 2.69. The highest BCUT2D eigenvalue weighted by atomic mass is 32.2. The second kappa shape index (κ2) is 5.62. The number of hydrogen-bond acceptors (Lipinski definition) is 4. The smallest absolute Gasteiger partial charge is 0.248 e. The zero-order chi connectivity index (χ0) is 14.8. The van der Waals surface area contributed by atoms with E-state index in [1.54, 1.807) is 12.1 Å². The molecule has 1 saturated heterocycles. The van der Waals surface area contributed by atoms with Gasteiger partial charge in [-0.05, 0) is 36.6 Å². The van der Waals surface area contributed by atoms with Crippen LogP contribution in [0.2, 0.25) is 0 Å². The Kier molecular flexibility index (Phi) is 4.08. The molecule has 0 aromatic heterocycles. The summed E-state index contributed by atoms with van der Waals surface area (Å²) < 4.78 is 22.6. The Labute approximate surface area is 117 Å². The van der Waals surface area contributed by atoms with Gasteiger partial charge in [-0.25, -0.2) is 8.42 Å². The van der Waals surface area contributed by atoms with E-state index in [2.05, 4.69) is 5.32 Å². The summed E-state index contributed by atoms with van der Waals surface area (Å²) in [5, 5.41) is 2.68. The number of anilines is 1. The van der Waals surface area contributed by atoms with E-state index in [4.69, 9.17) is 5.73 Å². The van der Waals surface area contributed by atoms with Crippen molar-refractivity contribution in [3.05, 3.63) is 29.8 Å². The fourth-order valence-electron chi connectivity index (χ4n) is 2.23. The zero-order valence-corrected chi connectivity index (χ0v) is 11.7. The van der Waals surface area contributed by atoms with Gasteiger partial charge in [0.2, 0.25) is 11.8 Å². The summed E-state index contributed by atoms with van der Waals surface area (Å²) in [5.74, 6) is -0.609. The molecule has 20 heavy (non-hydrogen) atoms. The molecule has 1 aromatic carbocycles. The number of nitrogens with two attached hydrogens (primary N) is 1. The molecule has 2 amide bonds. The standard InChI is InChI=1S/C13H16N2O4S/c14-13(17)10-1-3-11(4-2-10)15-12(16)7-9-5-6-20(18,19)8-9/h1-4,9H,5-8H2,(H2,14,17)(H,15,16)/t9-/m0/s1. The summed E-state index contributed by atoms with van der Waals surface area (Å²) >= 11 is 0. The Bertz CT molecular complexity index is 622. The molecule has 1 aliphatic heterocycles. The molecular weight excluding hydrogens is 280 g/mol. The molecule has 3 N–H and O–H groups in total. The van der Waals surface area contributed by atoms with Crippen molar-refractivity contribution < 1.29 is 18.0 Å². The third kappa shape index (κ3) is 3.80. The van der Waals surface area contributed by atoms with Gasteiger partial charge in [-0.1, -0.05) is 0 Å². The highest BCUT2D eigenvalue weighted by Gasteiger charge is 2.29. The summed E-state index contributed by atoms with van der Waals surface area (Å²) in [4.78, 5) is 22.7. The zero-order valence-electron chi connectivity index (χ0n) is 10.8. The fourth-order valence-corrected chi connectivity index (χ4v) is 4.09. The molecule has 1 heterocycles.